The number of primary amides is 1. The van der Waals surface area contributed by atoms with Gasteiger partial charge in [-0.25, -0.2) is 14.2 Å². The lowest BCUT2D eigenvalue weighted by Gasteiger charge is -2.24. The van der Waals surface area contributed by atoms with Crippen molar-refractivity contribution >= 4 is 11.6 Å². The SMILES string of the molecule is CC1(c2ccn(C(C)(F)F)n2)CC(C(N)=O)c2cnc3cc(F)nn3c21. The third-order valence-corrected chi connectivity index (χ3v) is 4.89. The maximum atomic E-state index is 13.7. The third-order valence-electron chi connectivity index (χ3n) is 4.89. The summed E-state index contributed by atoms with van der Waals surface area (Å²) in [6.45, 7) is 2.47. The largest absolute Gasteiger partial charge is 0.369 e. The Morgan fingerprint density at radius 3 is 2.77 bits per heavy atom. The Balaban J connectivity index is 1.98. The maximum Gasteiger partial charge on any atom is 0.340 e. The molecule has 1 aliphatic carbocycles. The Kier molecular flexibility index (Phi) is 3.22. The summed E-state index contributed by atoms with van der Waals surface area (Å²) in [5.41, 5.74) is 6.08. The molecule has 0 radical (unpaired) electrons. The highest BCUT2D eigenvalue weighted by atomic mass is 19.3. The monoisotopic (exact) mass is 364 g/mol. The second-order valence-electron chi connectivity index (χ2n) is 6.78. The smallest absolute Gasteiger partial charge is 0.340 e. The molecule has 0 fully saturated rings. The quantitative estimate of drug-likeness (QED) is 0.769. The zero-order valence-electron chi connectivity index (χ0n) is 13.9. The van der Waals surface area contributed by atoms with E-state index in [-0.39, 0.29) is 12.1 Å². The molecule has 7 nitrogen and oxygen atoms in total. The van der Waals surface area contributed by atoms with Crippen LogP contribution >= 0.6 is 0 Å². The summed E-state index contributed by atoms with van der Waals surface area (Å²) in [6, 6.07) is -0.571. The van der Waals surface area contributed by atoms with Gasteiger partial charge < -0.3 is 5.73 Å². The first-order chi connectivity index (χ1) is 12.1. The number of amides is 1. The van der Waals surface area contributed by atoms with Gasteiger partial charge in [-0.05, 0) is 19.4 Å². The molecule has 3 heterocycles. The van der Waals surface area contributed by atoms with Gasteiger partial charge >= 0.3 is 6.05 Å². The first-order valence-corrected chi connectivity index (χ1v) is 7.89. The predicted octanol–water partition coefficient (Wildman–Crippen LogP) is 1.91. The van der Waals surface area contributed by atoms with Gasteiger partial charge in [-0.15, -0.1) is 5.10 Å². The maximum absolute atomic E-state index is 13.7. The van der Waals surface area contributed by atoms with Crippen molar-refractivity contribution in [2.75, 3.05) is 0 Å². The molecule has 1 amide bonds. The molecule has 0 saturated heterocycles. The molecule has 1 aliphatic rings. The number of fused-ring (bicyclic) bond motifs is 3. The Morgan fingerprint density at radius 1 is 1.42 bits per heavy atom. The minimum Gasteiger partial charge on any atom is -0.369 e. The van der Waals surface area contributed by atoms with Crippen LogP contribution in [0, 0.1) is 5.95 Å². The van der Waals surface area contributed by atoms with E-state index in [1.807, 2.05) is 0 Å². The summed E-state index contributed by atoms with van der Waals surface area (Å²) in [7, 11) is 0. The van der Waals surface area contributed by atoms with E-state index in [0.29, 0.717) is 21.6 Å². The molecule has 3 aromatic rings. The molecule has 2 unspecified atom stereocenters. The minimum atomic E-state index is -3.18. The molecule has 26 heavy (non-hydrogen) atoms. The van der Waals surface area contributed by atoms with Gasteiger partial charge in [0.15, 0.2) is 5.65 Å². The number of halogens is 3. The summed E-state index contributed by atoms with van der Waals surface area (Å²) >= 11 is 0. The first kappa shape index (κ1) is 16.6. The summed E-state index contributed by atoms with van der Waals surface area (Å²) in [6.07, 6.45) is 2.82. The van der Waals surface area contributed by atoms with Crippen molar-refractivity contribution < 1.29 is 18.0 Å². The molecule has 4 rings (SSSR count). The Morgan fingerprint density at radius 2 is 2.15 bits per heavy atom. The number of nitrogens with two attached hydrogens (primary N) is 1. The van der Waals surface area contributed by atoms with E-state index in [9.17, 15) is 18.0 Å². The Labute approximate surface area is 145 Å². The van der Waals surface area contributed by atoms with E-state index in [0.717, 1.165) is 13.0 Å². The van der Waals surface area contributed by atoms with E-state index in [2.05, 4.69) is 15.2 Å². The van der Waals surface area contributed by atoms with Crippen LogP contribution in [0.1, 0.15) is 43.1 Å². The number of hydrogen-bond donors (Lipinski definition) is 1. The van der Waals surface area contributed by atoms with Gasteiger partial charge in [-0.2, -0.15) is 18.3 Å². The number of carbonyl (C=O) groups is 1. The normalized spacial score (nSPS) is 22.7. The van der Waals surface area contributed by atoms with Crippen LogP contribution in [0.5, 0.6) is 0 Å². The summed E-state index contributed by atoms with van der Waals surface area (Å²) in [5, 5.41) is 7.81. The molecule has 2 atom stereocenters. The molecule has 0 bridgehead atoms. The molecule has 0 saturated carbocycles. The van der Waals surface area contributed by atoms with Crippen molar-refractivity contribution in [1.82, 2.24) is 24.4 Å². The summed E-state index contributed by atoms with van der Waals surface area (Å²) in [4.78, 5) is 16.1. The molecule has 2 N–H and O–H groups in total. The Hall–Kier alpha value is -2.91. The molecule has 136 valence electrons. The van der Waals surface area contributed by atoms with Crippen LogP contribution in [-0.4, -0.2) is 30.3 Å². The van der Waals surface area contributed by atoms with Crippen LogP contribution in [0.3, 0.4) is 0 Å². The van der Waals surface area contributed by atoms with Crippen molar-refractivity contribution in [3.8, 4) is 0 Å². The average Bonchev–Trinajstić information content (AvgIpc) is 3.21. The van der Waals surface area contributed by atoms with E-state index in [4.69, 9.17) is 5.73 Å². The molecule has 3 aromatic heterocycles. The molecule has 0 spiro atoms. The molecule has 10 heteroatoms. The highest BCUT2D eigenvalue weighted by Gasteiger charge is 2.48. The molecular weight excluding hydrogens is 349 g/mol. The van der Waals surface area contributed by atoms with Crippen molar-refractivity contribution in [2.24, 2.45) is 5.73 Å². The van der Waals surface area contributed by atoms with Crippen LogP contribution in [0.25, 0.3) is 5.65 Å². The van der Waals surface area contributed by atoms with Gasteiger partial charge in [-0.1, -0.05) is 0 Å². The number of carbonyl (C=O) groups excluding carboxylic acids is 1. The molecule has 0 aromatic carbocycles. The predicted molar refractivity (Wildman–Crippen MR) is 84.0 cm³/mol. The lowest BCUT2D eigenvalue weighted by atomic mass is 9.83. The van der Waals surface area contributed by atoms with Crippen molar-refractivity contribution in [1.29, 1.82) is 0 Å². The number of hydrogen-bond acceptors (Lipinski definition) is 4. The van der Waals surface area contributed by atoms with Gasteiger partial charge in [0.05, 0.1) is 22.7 Å². The number of rotatable bonds is 3. The van der Waals surface area contributed by atoms with Crippen LogP contribution in [0.15, 0.2) is 24.5 Å². The van der Waals surface area contributed by atoms with E-state index < -0.39 is 29.2 Å². The molecular formula is C16H15F3N6O. The van der Waals surface area contributed by atoms with E-state index >= 15 is 0 Å². The highest BCUT2D eigenvalue weighted by Crippen LogP contribution is 2.49. The van der Waals surface area contributed by atoms with Crippen molar-refractivity contribution in [3.05, 3.63) is 47.4 Å². The first-order valence-electron chi connectivity index (χ1n) is 7.89. The van der Waals surface area contributed by atoms with Crippen molar-refractivity contribution in [3.63, 3.8) is 0 Å². The standard InChI is InChI=1S/C16H15F3N6O/c1-15(10-3-4-24(22-10)16(2,18)19)6-8(14(20)26)9-7-21-12-5-11(17)23-25(12)13(9)15/h3-5,7-8H,6H2,1-2H3,(H2,20,26). The fourth-order valence-corrected chi connectivity index (χ4v) is 3.66. The second-order valence-corrected chi connectivity index (χ2v) is 6.78. The van der Waals surface area contributed by atoms with Gasteiger partial charge in [0, 0.05) is 30.9 Å². The average molecular weight is 364 g/mol. The Bertz CT molecular complexity index is 1040. The zero-order chi connectivity index (χ0) is 18.9. The number of alkyl halides is 2. The van der Waals surface area contributed by atoms with Crippen LogP contribution in [-0.2, 0) is 16.3 Å². The van der Waals surface area contributed by atoms with Gasteiger partial charge in [-0.3, -0.25) is 4.79 Å². The topological polar surface area (TPSA) is 91.1 Å². The zero-order valence-corrected chi connectivity index (χ0v) is 13.9. The van der Waals surface area contributed by atoms with E-state index in [1.165, 1.54) is 23.0 Å². The minimum absolute atomic E-state index is 0.201. The second kappa shape index (κ2) is 5.05. The van der Waals surface area contributed by atoms with Gasteiger partial charge in [0.2, 0.25) is 11.9 Å². The third kappa shape index (κ3) is 2.21. The van der Waals surface area contributed by atoms with Crippen molar-refractivity contribution in [2.45, 2.75) is 37.6 Å². The lowest BCUT2D eigenvalue weighted by molar-refractivity contribution is -0.119. The van der Waals surface area contributed by atoms with Crippen LogP contribution < -0.4 is 5.73 Å². The van der Waals surface area contributed by atoms with Crippen LogP contribution in [0.2, 0.25) is 0 Å². The van der Waals surface area contributed by atoms with Crippen LogP contribution in [0.4, 0.5) is 13.2 Å². The van der Waals surface area contributed by atoms with Gasteiger partial charge in [0.1, 0.15) is 0 Å². The van der Waals surface area contributed by atoms with Gasteiger partial charge in [0.25, 0.3) is 0 Å². The fourth-order valence-electron chi connectivity index (χ4n) is 3.66. The van der Waals surface area contributed by atoms with E-state index in [1.54, 1.807) is 6.92 Å². The fraction of sp³-hybridized carbons (Fsp3) is 0.375. The highest BCUT2D eigenvalue weighted by molar-refractivity contribution is 5.84. The number of aromatic nitrogens is 5. The molecule has 0 aliphatic heterocycles. The summed E-state index contributed by atoms with van der Waals surface area (Å²) < 4.78 is 42.7. The summed E-state index contributed by atoms with van der Waals surface area (Å²) in [5.74, 6) is -2.02. The number of nitrogens with zero attached hydrogens (tertiary/aromatic N) is 5. The lowest BCUT2D eigenvalue weighted by Crippen LogP contribution is -2.27.